The highest BCUT2D eigenvalue weighted by Gasteiger charge is 2.04. The van der Waals surface area contributed by atoms with Gasteiger partial charge < -0.3 is 0 Å². The lowest BCUT2D eigenvalue weighted by Gasteiger charge is -2.02. The van der Waals surface area contributed by atoms with E-state index in [1.54, 1.807) is 11.3 Å². The van der Waals surface area contributed by atoms with Crippen LogP contribution in [0, 0.1) is 0 Å². The highest BCUT2D eigenvalue weighted by molar-refractivity contribution is 7.17. The van der Waals surface area contributed by atoms with Gasteiger partial charge in [-0.3, -0.25) is 0 Å². The van der Waals surface area contributed by atoms with E-state index >= 15 is 0 Å². The van der Waals surface area contributed by atoms with Crippen LogP contribution >= 0.6 is 11.3 Å². The van der Waals surface area contributed by atoms with Gasteiger partial charge in [0.1, 0.15) is 0 Å². The number of thiophene rings is 1. The zero-order valence-electron chi connectivity index (χ0n) is 9.05. The van der Waals surface area contributed by atoms with Crippen LogP contribution in [0.4, 0.5) is 0 Å². The van der Waals surface area contributed by atoms with Crippen molar-refractivity contribution in [1.29, 1.82) is 0 Å². The van der Waals surface area contributed by atoms with E-state index in [4.69, 9.17) is 4.98 Å². The van der Waals surface area contributed by atoms with Crippen molar-refractivity contribution in [3.63, 3.8) is 0 Å². The third-order valence-electron chi connectivity index (χ3n) is 3.12. The van der Waals surface area contributed by atoms with Gasteiger partial charge >= 0.3 is 0 Å². The van der Waals surface area contributed by atoms with E-state index < -0.39 is 0 Å². The maximum absolute atomic E-state index is 4.78. The topological polar surface area (TPSA) is 12.9 Å². The summed E-state index contributed by atoms with van der Waals surface area (Å²) in [4.78, 5) is 4.78. The summed E-state index contributed by atoms with van der Waals surface area (Å²) in [6, 6.07) is 17.0. The molecule has 0 unspecified atom stereocenters. The largest absolute Gasteiger partial charge is 0.247 e. The molecule has 0 saturated carbocycles. The molecule has 2 heteroatoms. The molecule has 0 N–H and O–H groups in total. The predicted octanol–water partition coefficient (Wildman–Crippen LogP) is 4.60. The second-order valence-electron chi connectivity index (χ2n) is 4.15. The van der Waals surface area contributed by atoms with Crippen LogP contribution in [0.3, 0.4) is 0 Å². The quantitative estimate of drug-likeness (QED) is 0.406. The minimum Gasteiger partial charge on any atom is -0.247 e. The van der Waals surface area contributed by atoms with Crippen molar-refractivity contribution in [3.05, 3.63) is 53.9 Å². The van der Waals surface area contributed by atoms with E-state index in [0.717, 1.165) is 11.0 Å². The molecule has 0 fully saturated rings. The molecule has 17 heavy (non-hydrogen) atoms. The molecule has 0 radical (unpaired) electrons. The summed E-state index contributed by atoms with van der Waals surface area (Å²) >= 11 is 1.77. The molecule has 1 nitrogen and oxygen atoms in total. The molecule has 4 aromatic rings. The van der Waals surface area contributed by atoms with Gasteiger partial charge in [0.2, 0.25) is 0 Å². The van der Waals surface area contributed by atoms with Crippen LogP contribution in [-0.2, 0) is 0 Å². The summed E-state index contributed by atoms with van der Waals surface area (Å²) in [6.45, 7) is 0. The van der Waals surface area contributed by atoms with Gasteiger partial charge in [-0.2, -0.15) is 0 Å². The number of rotatable bonds is 0. The second kappa shape index (κ2) is 3.28. The normalized spacial score (nSPS) is 11.5. The molecule has 0 aliphatic heterocycles. The molecule has 2 aromatic carbocycles. The number of aromatic nitrogens is 1. The molecule has 4 rings (SSSR count). The summed E-state index contributed by atoms with van der Waals surface area (Å²) in [5.74, 6) is 0. The molecule has 0 aliphatic rings. The lowest BCUT2D eigenvalue weighted by Crippen LogP contribution is -1.82. The van der Waals surface area contributed by atoms with Crippen molar-refractivity contribution >= 4 is 43.2 Å². The van der Waals surface area contributed by atoms with Gasteiger partial charge in [-0.05, 0) is 29.6 Å². The molecule has 0 bridgehead atoms. The van der Waals surface area contributed by atoms with Crippen LogP contribution in [0.1, 0.15) is 0 Å². The third kappa shape index (κ3) is 1.28. The first kappa shape index (κ1) is 9.14. The first-order chi connectivity index (χ1) is 8.42. The Balaban J connectivity index is 2.29. The molecular weight excluding hydrogens is 226 g/mol. The second-order valence-corrected chi connectivity index (χ2v) is 5.10. The monoisotopic (exact) mass is 235 g/mol. The van der Waals surface area contributed by atoms with Gasteiger partial charge in [0.25, 0.3) is 0 Å². The van der Waals surface area contributed by atoms with Crippen LogP contribution in [0.5, 0.6) is 0 Å². The lowest BCUT2D eigenvalue weighted by molar-refractivity contribution is 1.52. The van der Waals surface area contributed by atoms with Crippen LogP contribution in [0.15, 0.2) is 53.9 Å². The van der Waals surface area contributed by atoms with Crippen LogP contribution in [0.2, 0.25) is 0 Å². The Morgan fingerprint density at radius 2 is 1.82 bits per heavy atom. The van der Waals surface area contributed by atoms with E-state index in [0.29, 0.717) is 0 Å². The Bertz CT molecular complexity index is 845. The van der Waals surface area contributed by atoms with Crippen molar-refractivity contribution in [3.8, 4) is 0 Å². The number of para-hydroxylation sites is 1. The molecule has 80 valence electrons. The first-order valence-corrected chi connectivity index (χ1v) is 6.45. The Labute approximate surface area is 102 Å². The molecule has 0 aliphatic carbocycles. The van der Waals surface area contributed by atoms with Gasteiger partial charge in [-0.1, -0.05) is 24.3 Å². The number of pyridine rings is 1. The maximum atomic E-state index is 4.78. The Hall–Kier alpha value is -1.93. The third-order valence-corrected chi connectivity index (χ3v) is 4.00. The number of hydrogen-bond acceptors (Lipinski definition) is 2. The number of fused-ring (bicyclic) bond motifs is 4. The SMILES string of the molecule is c1ccc2nc3c(ccc4sccc43)cc2c1. The van der Waals surface area contributed by atoms with Crippen molar-refractivity contribution in [2.24, 2.45) is 0 Å². The Morgan fingerprint density at radius 3 is 2.82 bits per heavy atom. The fourth-order valence-corrected chi connectivity index (χ4v) is 3.08. The summed E-state index contributed by atoms with van der Waals surface area (Å²) in [5, 5.41) is 5.81. The summed E-state index contributed by atoms with van der Waals surface area (Å²) in [5.41, 5.74) is 2.18. The summed E-state index contributed by atoms with van der Waals surface area (Å²) in [7, 11) is 0. The summed E-state index contributed by atoms with van der Waals surface area (Å²) in [6.07, 6.45) is 0. The number of benzene rings is 2. The fourth-order valence-electron chi connectivity index (χ4n) is 2.29. The highest BCUT2D eigenvalue weighted by Crippen LogP contribution is 2.29. The van der Waals surface area contributed by atoms with Crippen molar-refractivity contribution < 1.29 is 0 Å². The minimum absolute atomic E-state index is 1.07. The molecule has 0 atom stereocenters. The fraction of sp³-hybridized carbons (Fsp3) is 0. The van der Waals surface area contributed by atoms with E-state index in [2.05, 4.69) is 47.8 Å². The van der Waals surface area contributed by atoms with Crippen LogP contribution < -0.4 is 0 Å². The standard InChI is InChI=1S/C15H9NS/c1-2-4-13-10(3-1)9-11-5-6-14-12(7-8-17-14)15(11)16-13/h1-9H. The predicted molar refractivity (Wildman–Crippen MR) is 74.6 cm³/mol. The molecule has 0 spiro atoms. The molecular formula is C15H9NS. The molecule has 0 amide bonds. The van der Waals surface area contributed by atoms with E-state index in [1.165, 1.54) is 20.9 Å². The van der Waals surface area contributed by atoms with Gasteiger partial charge in [-0.25, -0.2) is 4.98 Å². The Morgan fingerprint density at radius 1 is 0.882 bits per heavy atom. The van der Waals surface area contributed by atoms with Crippen molar-refractivity contribution in [1.82, 2.24) is 4.98 Å². The average Bonchev–Trinajstić information content (AvgIpc) is 2.85. The lowest BCUT2D eigenvalue weighted by atomic mass is 10.1. The summed E-state index contributed by atoms with van der Waals surface area (Å²) < 4.78 is 1.31. The minimum atomic E-state index is 1.07. The number of hydrogen-bond donors (Lipinski definition) is 0. The average molecular weight is 235 g/mol. The van der Waals surface area contributed by atoms with Crippen molar-refractivity contribution in [2.75, 3.05) is 0 Å². The van der Waals surface area contributed by atoms with Gasteiger partial charge in [-0.15, -0.1) is 11.3 Å². The Kier molecular flexibility index (Phi) is 1.76. The maximum Gasteiger partial charge on any atom is 0.0796 e. The van der Waals surface area contributed by atoms with E-state index in [9.17, 15) is 0 Å². The van der Waals surface area contributed by atoms with Crippen LogP contribution in [0.25, 0.3) is 31.9 Å². The molecule has 2 aromatic heterocycles. The van der Waals surface area contributed by atoms with Gasteiger partial charge in [0.05, 0.1) is 11.0 Å². The van der Waals surface area contributed by atoms with E-state index in [1.807, 2.05) is 6.07 Å². The molecule has 2 heterocycles. The highest BCUT2D eigenvalue weighted by atomic mass is 32.1. The molecule has 0 saturated heterocycles. The number of nitrogens with zero attached hydrogens (tertiary/aromatic N) is 1. The zero-order valence-corrected chi connectivity index (χ0v) is 9.87. The van der Waals surface area contributed by atoms with E-state index in [-0.39, 0.29) is 0 Å². The first-order valence-electron chi connectivity index (χ1n) is 5.57. The van der Waals surface area contributed by atoms with Gasteiger partial charge in [0, 0.05) is 20.9 Å². The van der Waals surface area contributed by atoms with Gasteiger partial charge in [0.15, 0.2) is 0 Å². The van der Waals surface area contributed by atoms with Crippen molar-refractivity contribution in [2.45, 2.75) is 0 Å². The van der Waals surface area contributed by atoms with Crippen LogP contribution in [-0.4, -0.2) is 4.98 Å². The zero-order chi connectivity index (χ0) is 11.2. The smallest absolute Gasteiger partial charge is 0.0796 e.